The van der Waals surface area contributed by atoms with Gasteiger partial charge in [-0.05, 0) is 24.6 Å². The smallest absolute Gasteiger partial charge is 0.276 e. The van der Waals surface area contributed by atoms with Crippen molar-refractivity contribution in [2.24, 2.45) is 5.73 Å². The summed E-state index contributed by atoms with van der Waals surface area (Å²) in [5.41, 5.74) is 13.2. The van der Waals surface area contributed by atoms with Crippen molar-refractivity contribution in [2.75, 3.05) is 29.0 Å². The van der Waals surface area contributed by atoms with E-state index in [9.17, 15) is 14.3 Å². The molecule has 0 saturated carbocycles. The van der Waals surface area contributed by atoms with E-state index in [1.807, 2.05) is 4.90 Å². The van der Waals surface area contributed by atoms with Gasteiger partial charge in [0.2, 0.25) is 0 Å². The highest BCUT2D eigenvalue weighted by Crippen LogP contribution is 2.28. The molecule has 2 aromatic heterocycles. The maximum atomic E-state index is 14.1. The Bertz CT molecular complexity index is 1110. The largest absolute Gasteiger partial charge is 0.396 e. The fourth-order valence-corrected chi connectivity index (χ4v) is 3.47. The van der Waals surface area contributed by atoms with E-state index in [0.29, 0.717) is 30.9 Å². The predicted octanol–water partition coefficient (Wildman–Crippen LogP) is 1.41. The average Bonchev–Trinajstić information content (AvgIpc) is 2.77. The van der Waals surface area contributed by atoms with E-state index in [-0.39, 0.29) is 22.8 Å². The minimum absolute atomic E-state index is 0.0554. The first-order valence-electron chi connectivity index (χ1n) is 9.75. The molecule has 31 heavy (non-hydrogen) atoms. The third kappa shape index (κ3) is 4.30. The van der Waals surface area contributed by atoms with Crippen LogP contribution in [0.1, 0.15) is 16.9 Å². The molecule has 0 radical (unpaired) electrons. The third-order valence-electron chi connectivity index (χ3n) is 5.15. The molecule has 2 unspecified atom stereocenters. The average molecular weight is 423 g/mol. The van der Waals surface area contributed by atoms with Gasteiger partial charge in [-0.2, -0.15) is 0 Å². The number of aliphatic hydroxyl groups excluding tert-OH is 1. The number of carbonyl (C=O) groups excluding carboxylic acids is 1. The molecule has 1 fully saturated rings. The zero-order valence-corrected chi connectivity index (χ0v) is 16.6. The first-order chi connectivity index (χ1) is 14.9. The third-order valence-corrected chi connectivity index (χ3v) is 5.15. The Morgan fingerprint density at radius 1 is 1.26 bits per heavy atom. The number of rotatable bonds is 4. The Morgan fingerprint density at radius 3 is 2.84 bits per heavy atom. The number of nitrogen functional groups attached to an aromatic ring is 1. The second-order valence-corrected chi connectivity index (χ2v) is 7.29. The normalized spacial score (nSPS) is 18.6. The van der Waals surface area contributed by atoms with E-state index < -0.39 is 23.9 Å². The highest BCUT2D eigenvalue weighted by molar-refractivity contribution is 6.07. The second kappa shape index (κ2) is 8.62. The van der Waals surface area contributed by atoms with Gasteiger partial charge < -0.3 is 26.8 Å². The van der Waals surface area contributed by atoms with Crippen LogP contribution in [0, 0.1) is 5.82 Å². The molecule has 10 heteroatoms. The molecule has 3 heterocycles. The fourth-order valence-electron chi connectivity index (χ4n) is 3.47. The molecule has 1 aromatic carbocycles. The molecule has 0 aliphatic carbocycles. The van der Waals surface area contributed by atoms with Crippen molar-refractivity contribution in [2.45, 2.75) is 18.6 Å². The lowest BCUT2D eigenvalue weighted by Gasteiger charge is -2.36. The van der Waals surface area contributed by atoms with E-state index in [2.05, 4.69) is 20.3 Å². The van der Waals surface area contributed by atoms with E-state index in [1.165, 1.54) is 24.5 Å². The van der Waals surface area contributed by atoms with E-state index in [4.69, 9.17) is 11.5 Å². The minimum Gasteiger partial charge on any atom is -0.396 e. The number of halogens is 1. The summed E-state index contributed by atoms with van der Waals surface area (Å²) in [6.45, 7) is 1.01. The molecule has 1 aliphatic rings. The highest BCUT2D eigenvalue weighted by Gasteiger charge is 2.27. The molecule has 160 valence electrons. The number of pyridine rings is 1. The Morgan fingerprint density at radius 2 is 2.06 bits per heavy atom. The molecular weight excluding hydrogens is 401 g/mol. The van der Waals surface area contributed by atoms with Gasteiger partial charge in [0.15, 0.2) is 11.5 Å². The zero-order valence-electron chi connectivity index (χ0n) is 16.6. The van der Waals surface area contributed by atoms with Crippen molar-refractivity contribution >= 4 is 23.0 Å². The monoisotopic (exact) mass is 423 g/mol. The van der Waals surface area contributed by atoms with Crippen LogP contribution < -0.4 is 21.7 Å². The standard InChI is InChI=1S/C21H22FN7O2/c22-13-4-2-1-3-12(13)20-26-9-14(23)19(28-20)21(31)27-16-10-25-7-5-17(16)29-8-6-18(30)15(24)11-29/h1-5,7,9-10,15,18,30H,6,8,11,23-24H2,(H,27,31). The molecule has 3 aromatic rings. The molecule has 9 nitrogen and oxygen atoms in total. The van der Waals surface area contributed by atoms with Gasteiger partial charge in [0.05, 0.1) is 41.1 Å². The number of hydrogen-bond donors (Lipinski definition) is 4. The maximum Gasteiger partial charge on any atom is 0.276 e. The van der Waals surface area contributed by atoms with Crippen LogP contribution in [-0.2, 0) is 0 Å². The van der Waals surface area contributed by atoms with Gasteiger partial charge in [-0.15, -0.1) is 0 Å². The molecule has 1 amide bonds. The zero-order chi connectivity index (χ0) is 22.0. The number of hydrogen-bond acceptors (Lipinski definition) is 8. The summed E-state index contributed by atoms with van der Waals surface area (Å²) in [7, 11) is 0. The molecule has 1 saturated heterocycles. The maximum absolute atomic E-state index is 14.1. The molecule has 4 rings (SSSR count). The van der Waals surface area contributed by atoms with Crippen LogP contribution in [0.5, 0.6) is 0 Å². The summed E-state index contributed by atoms with van der Waals surface area (Å²) in [6.07, 6.45) is 4.35. The lowest BCUT2D eigenvalue weighted by molar-refractivity contribution is 0.102. The van der Waals surface area contributed by atoms with Gasteiger partial charge in [-0.25, -0.2) is 14.4 Å². The number of nitrogens with one attached hydrogen (secondary N) is 1. The summed E-state index contributed by atoms with van der Waals surface area (Å²) in [4.78, 5) is 27.3. The topological polar surface area (TPSA) is 143 Å². The lowest BCUT2D eigenvalue weighted by atomic mass is 10.0. The first-order valence-corrected chi connectivity index (χ1v) is 9.75. The number of amides is 1. The van der Waals surface area contributed by atoms with Gasteiger partial charge in [0.1, 0.15) is 5.82 Å². The van der Waals surface area contributed by atoms with Crippen molar-refractivity contribution in [3.63, 3.8) is 0 Å². The second-order valence-electron chi connectivity index (χ2n) is 7.29. The van der Waals surface area contributed by atoms with Crippen LogP contribution in [0.3, 0.4) is 0 Å². The van der Waals surface area contributed by atoms with E-state index in [1.54, 1.807) is 24.4 Å². The highest BCUT2D eigenvalue weighted by atomic mass is 19.1. The quantitative estimate of drug-likeness (QED) is 0.493. The van der Waals surface area contributed by atoms with Crippen molar-refractivity contribution in [1.82, 2.24) is 15.0 Å². The molecule has 0 bridgehead atoms. The molecule has 2 atom stereocenters. The summed E-state index contributed by atoms with van der Waals surface area (Å²) < 4.78 is 14.1. The molecular formula is C21H22FN7O2. The lowest BCUT2D eigenvalue weighted by Crippen LogP contribution is -2.51. The Labute approximate surface area is 177 Å². The Kier molecular flexibility index (Phi) is 5.74. The van der Waals surface area contributed by atoms with Crippen LogP contribution in [0.4, 0.5) is 21.5 Å². The number of aliphatic hydroxyl groups is 1. The summed E-state index contributed by atoms with van der Waals surface area (Å²) in [6, 6.07) is 7.38. The van der Waals surface area contributed by atoms with Crippen molar-refractivity contribution in [3.8, 4) is 11.4 Å². The first kappa shape index (κ1) is 20.6. The Balaban J connectivity index is 1.61. The Hall–Kier alpha value is -3.63. The number of piperidine rings is 1. The number of carbonyl (C=O) groups is 1. The van der Waals surface area contributed by atoms with Crippen molar-refractivity contribution in [3.05, 3.63) is 60.4 Å². The molecule has 0 spiro atoms. The van der Waals surface area contributed by atoms with E-state index in [0.717, 1.165) is 0 Å². The van der Waals surface area contributed by atoms with Crippen molar-refractivity contribution < 1.29 is 14.3 Å². The number of benzene rings is 1. The van der Waals surface area contributed by atoms with Crippen LogP contribution in [-0.4, -0.2) is 51.2 Å². The number of nitrogens with two attached hydrogens (primary N) is 2. The summed E-state index contributed by atoms with van der Waals surface area (Å²) in [5, 5.41) is 12.7. The van der Waals surface area contributed by atoms with Gasteiger partial charge >= 0.3 is 0 Å². The molecule has 1 aliphatic heterocycles. The summed E-state index contributed by atoms with van der Waals surface area (Å²) >= 11 is 0. The summed E-state index contributed by atoms with van der Waals surface area (Å²) in [5.74, 6) is -1.02. The van der Waals surface area contributed by atoms with Gasteiger partial charge in [0, 0.05) is 25.3 Å². The van der Waals surface area contributed by atoms with Crippen LogP contribution in [0.2, 0.25) is 0 Å². The van der Waals surface area contributed by atoms with Crippen molar-refractivity contribution in [1.29, 1.82) is 0 Å². The van der Waals surface area contributed by atoms with Gasteiger partial charge in [-0.3, -0.25) is 9.78 Å². The SMILES string of the molecule is Nc1cnc(-c2ccccc2F)nc1C(=O)Nc1cnccc1N1CCC(O)C(N)C1. The number of aromatic nitrogens is 3. The van der Waals surface area contributed by atoms with E-state index >= 15 is 0 Å². The van der Waals surface area contributed by atoms with Crippen LogP contribution in [0.15, 0.2) is 48.9 Å². The number of nitrogens with zero attached hydrogens (tertiary/aromatic N) is 4. The molecule has 6 N–H and O–H groups in total. The predicted molar refractivity (Wildman–Crippen MR) is 115 cm³/mol. The minimum atomic E-state index is -0.576. The van der Waals surface area contributed by atoms with Crippen LogP contribution >= 0.6 is 0 Å². The van der Waals surface area contributed by atoms with Crippen LogP contribution in [0.25, 0.3) is 11.4 Å². The fraction of sp³-hybridized carbons (Fsp3) is 0.238. The van der Waals surface area contributed by atoms with Gasteiger partial charge in [-0.1, -0.05) is 12.1 Å². The number of anilines is 3. The van der Waals surface area contributed by atoms with Gasteiger partial charge in [0.25, 0.3) is 5.91 Å².